The van der Waals surface area contributed by atoms with Gasteiger partial charge in [-0.25, -0.2) is 0 Å². The Balaban J connectivity index is 1.77. The summed E-state index contributed by atoms with van der Waals surface area (Å²) in [6.45, 7) is 0. The Bertz CT molecular complexity index is 649. The molecule has 2 aromatic heterocycles. The van der Waals surface area contributed by atoms with Crippen molar-refractivity contribution in [1.29, 1.82) is 0 Å². The Morgan fingerprint density at radius 3 is 2.80 bits per heavy atom. The number of hydrogen-bond donors (Lipinski definition) is 1. The molecular formula is C15H15N3OS. The Kier molecular flexibility index (Phi) is 3.90. The van der Waals surface area contributed by atoms with Crippen LogP contribution in [0, 0.1) is 0 Å². The molecule has 3 rings (SSSR count). The summed E-state index contributed by atoms with van der Waals surface area (Å²) in [7, 11) is 1.94. The van der Waals surface area contributed by atoms with E-state index in [1.165, 1.54) is 5.56 Å². The Morgan fingerprint density at radius 1 is 1.25 bits per heavy atom. The molecule has 0 aliphatic carbocycles. The van der Waals surface area contributed by atoms with E-state index in [2.05, 4.69) is 27.6 Å². The molecule has 1 N–H and O–H groups in total. The summed E-state index contributed by atoms with van der Waals surface area (Å²) in [6, 6.07) is 12.4. The van der Waals surface area contributed by atoms with E-state index in [0.29, 0.717) is 18.1 Å². The lowest BCUT2D eigenvalue weighted by Crippen LogP contribution is -2.18. The van der Waals surface area contributed by atoms with Gasteiger partial charge in [-0.2, -0.15) is 16.3 Å². The van der Waals surface area contributed by atoms with Gasteiger partial charge in [0.1, 0.15) is 0 Å². The van der Waals surface area contributed by atoms with E-state index in [9.17, 15) is 0 Å². The molecule has 3 aromatic rings. The molecule has 0 spiro atoms. The van der Waals surface area contributed by atoms with E-state index in [-0.39, 0.29) is 6.04 Å². The molecule has 0 aliphatic rings. The second-order valence-corrected chi connectivity index (χ2v) is 5.26. The first-order chi connectivity index (χ1) is 9.86. The second-order valence-electron chi connectivity index (χ2n) is 4.48. The molecule has 1 unspecified atom stereocenters. The molecule has 0 saturated heterocycles. The number of hydrogen-bond acceptors (Lipinski definition) is 5. The van der Waals surface area contributed by atoms with Gasteiger partial charge in [-0.3, -0.25) is 0 Å². The lowest BCUT2D eigenvalue weighted by Gasteiger charge is -2.13. The van der Waals surface area contributed by atoms with Gasteiger partial charge in [-0.05, 0) is 24.1 Å². The van der Waals surface area contributed by atoms with Crippen molar-refractivity contribution in [3.05, 3.63) is 58.6 Å². The molecule has 0 fully saturated rings. The van der Waals surface area contributed by atoms with Crippen LogP contribution < -0.4 is 5.32 Å². The van der Waals surface area contributed by atoms with E-state index in [4.69, 9.17) is 4.52 Å². The van der Waals surface area contributed by atoms with Gasteiger partial charge in [-0.15, -0.1) is 0 Å². The normalized spacial score (nSPS) is 12.4. The van der Waals surface area contributed by atoms with Crippen molar-refractivity contribution in [3.8, 4) is 11.4 Å². The summed E-state index contributed by atoms with van der Waals surface area (Å²) in [5, 5.41) is 11.3. The first kappa shape index (κ1) is 13.0. The van der Waals surface area contributed by atoms with E-state index in [0.717, 1.165) is 5.56 Å². The molecule has 5 heteroatoms. The number of benzene rings is 1. The molecule has 4 nitrogen and oxygen atoms in total. The summed E-state index contributed by atoms with van der Waals surface area (Å²) < 4.78 is 5.35. The van der Waals surface area contributed by atoms with Gasteiger partial charge in [0.25, 0.3) is 0 Å². The van der Waals surface area contributed by atoms with Crippen LogP contribution in [0.2, 0.25) is 0 Å². The highest BCUT2D eigenvalue weighted by Gasteiger charge is 2.15. The van der Waals surface area contributed by atoms with Crippen LogP contribution in [-0.2, 0) is 6.42 Å². The lowest BCUT2D eigenvalue weighted by atomic mass is 10.0. The molecule has 0 amide bonds. The third kappa shape index (κ3) is 2.79. The van der Waals surface area contributed by atoms with E-state index in [1.807, 2.05) is 42.1 Å². The minimum absolute atomic E-state index is 0.173. The minimum Gasteiger partial charge on any atom is -0.339 e. The van der Waals surface area contributed by atoms with E-state index >= 15 is 0 Å². The maximum atomic E-state index is 5.35. The fourth-order valence-corrected chi connectivity index (χ4v) is 2.73. The highest BCUT2D eigenvalue weighted by molar-refractivity contribution is 7.08. The molecule has 102 valence electrons. The second kappa shape index (κ2) is 5.98. The van der Waals surface area contributed by atoms with Crippen molar-refractivity contribution in [1.82, 2.24) is 15.5 Å². The third-order valence-corrected chi connectivity index (χ3v) is 3.86. The van der Waals surface area contributed by atoms with Gasteiger partial charge < -0.3 is 9.84 Å². The number of likely N-dealkylation sites (N-methyl/N-ethyl adjacent to an activating group) is 1. The zero-order chi connectivity index (χ0) is 13.8. The molecule has 20 heavy (non-hydrogen) atoms. The molecule has 0 saturated carbocycles. The van der Waals surface area contributed by atoms with Crippen molar-refractivity contribution in [2.75, 3.05) is 7.05 Å². The molecule has 2 heterocycles. The van der Waals surface area contributed by atoms with Gasteiger partial charge in [0.15, 0.2) is 0 Å². The van der Waals surface area contributed by atoms with Crippen LogP contribution in [0.4, 0.5) is 0 Å². The summed E-state index contributed by atoms with van der Waals surface area (Å²) in [5.41, 5.74) is 2.22. The topological polar surface area (TPSA) is 51.0 Å². The zero-order valence-corrected chi connectivity index (χ0v) is 11.9. The minimum atomic E-state index is 0.173. The molecule has 0 bridgehead atoms. The summed E-state index contributed by atoms with van der Waals surface area (Å²) in [5.74, 6) is 1.30. The Morgan fingerprint density at radius 2 is 2.10 bits per heavy atom. The average Bonchev–Trinajstić information content (AvgIpc) is 3.16. The maximum Gasteiger partial charge on any atom is 0.228 e. The smallest absolute Gasteiger partial charge is 0.228 e. The Hall–Kier alpha value is -1.98. The summed E-state index contributed by atoms with van der Waals surface area (Å²) >= 11 is 1.62. The molecule has 1 aromatic carbocycles. The van der Waals surface area contributed by atoms with Crippen molar-refractivity contribution >= 4 is 11.3 Å². The maximum absolute atomic E-state index is 5.35. The van der Waals surface area contributed by atoms with Gasteiger partial charge in [0.05, 0.1) is 0 Å². The zero-order valence-electron chi connectivity index (χ0n) is 11.1. The van der Waals surface area contributed by atoms with Crippen LogP contribution in [0.15, 0.2) is 51.7 Å². The highest BCUT2D eigenvalue weighted by Crippen LogP contribution is 2.21. The van der Waals surface area contributed by atoms with Crippen molar-refractivity contribution in [2.45, 2.75) is 12.5 Å². The van der Waals surface area contributed by atoms with Crippen LogP contribution in [0.25, 0.3) is 11.4 Å². The van der Waals surface area contributed by atoms with E-state index < -0.39 is 0 Å². The van der Waals surface area contributed by atoms with Crippen LogP contribution in [0.1, 0.15) is 17.5 Å². The molecular weight excluding hydrogens is 270 g/mol. The SMILES string of the molecule is CNC(Cc1nc(-c2ccsc2)no1)c1ccccc1. The largest absolute Gasteiger partial charge is 0.339 e. The highest BCUT2D eigenvalue weighted by atomic mass is 32.1. The van der Waals surface area contributed by atoms with Gasteiger partial charge in [0.2, 0.25) is 11.7 Å². The fourth-order valence-electron chi connectivity index (χ4n) is 2.09. The predicted molar refractivity (Wildman–Crippen MR) is 79.6 cm³/mol. The van der Waals surface area contributed by atoms with Crippen LogP contribution in [0.5, 0.6) is 0 Å². The molecule has 0 radical (unpaired) electrons. The van der Waals surface area contributed by atoms with Crippen molar-refractivity contribution < 1.29 is 4.52 Å². The van der Waals surface area contributed by atoms with Gasteiger partial charge in [-0.1, -0.05) is 35.5 Å². The fraction of sp³-hybridized carbons (Fsp3) is 0.200. The number of thiophene rings is 1. The number of aromatic nitrogens is 2. The summed E-state index contributed by atoms with van der Waals surface area (Å²) in [6.07, 6.45) is 0.678. The van der Waals surface area contributed by atoms with E-state index in [1.54, 1.807) is 11.3 Å². The van der Waals surface area contributed by atoms with Crippen molar-refractivity contribution in [3.63, 3.8) is 0 Å². The number of rotatable bonds is 5. The molecule has 1 atom stereocenters. The average molecular weight is 285 g/mol. The first-order valence-corrected chi connectivity index (χ1v) is 7.38. The Labute approximate surface area is 121 Å². The summed E-state index contributed by atoms with van der Waals surface area (Å²) in [4.78, 5) is 4.45. The third-order valence-electron chi connectivity index (χ3n) is 3.18. The number of nitrogens with zero attached hydrogens (tertiary/aromatic N) is 2. The standard InChI is InChI=1S/C15H15N3OS/c1-16-13(11-5-3-2-4-6-11)9-14-17-15(18-19-14)12-7-8-20-10-12/h2-8,10,13,16H,9H2,1H3. The molecule has 0 aliphatic heterocycles. The van der Waals surface area contributed by atoms with Crippen LogP contribution >= 0.6 is 11.3 Å². The van der Waals surface area contributed by atoms with Gasteiger partial charge in [0, 0.05) is 23.4 Å². The van der Waals surface area contributed by atoms with Crippen LogP contribution in [0.3, 0.4) is 0 Å². The monoisotopic (exact) mass is 285 g/mol. The predicted octanol–water partition coefficient (Wildman–Crippen LogP) is 3.30. The van der Waals surface area contributed by atoms with Crippen molar-refractivity contribution in [2.24, 2.45) is 0 Å². The quantitative estimate of drug-likeness (QED) is 0.781. The lowest BCUT2D eigenvalue weighted by molar-refractivity contribution is 0.363. The number of nitrogens with one attached hydrogen (secondary N) is 1. The van der Waals surface area contributed by atoms with Gasteiger partial charge >= 0.3 is 0 Å². The van der Waals surface area contributed by atoms with Crippen LogP contribution in [-0.4, -0.2) is 17.2 Å². The first-order valence-electron chi connectivity index (χ1n) is 6.44.